The molecule has 0 aliphatic carbocycles. The van der Waals surface area contributed by atoms with Crippen LogP contribution in [0.1, 0.15) is 18.1 Å². The lowest BCUT2D eigenvalue weighted by molar-refractivity contribution is 0.362. The van der Waals surface area contributed by atoms with E-state index in [0.29, 0.717) is 6.61 Å². The van der Waals surface area contributed by atoms with E-state index < -0.39 is 0 Å². The van der Waals surface area contributed by atoms with Gasteiger partial charge in [-0.25, -0.2) is 0 Å². The van der Waals surface area contributed by atoms with Crippen LogP contribution < -0.4 is 4.74 Å². The Kier molecular flexibility index (Phi) is 3.56. The van der Waals surface area contributed by atoms with Gasteiger partial charge in [-0.1, -0.05) is 18.2 Å². The zero-order valence-electron chi connectivity index (χ0n) is 8.50. The van der Waals surface area contributed by atoms with Crippen LogP contribution in [-0.4, -0.2) is 6.61 Å². The molecule has 0 amide bonds. The van der Waals surface area contributed by atoms with Gasteiger partial charge in [-0.05, 0) is 44.0 Å². The molecule has 1 aromatic carbocycles. The van der Waals surface area contributed by atoms with Gasteiger partial charge >= 0.3 is 0 Å². The summed E-state index contributed by atoms with van der Waals surface area (Å²) in [6.45, 7) is 6.80. The Bertz CT molecular complexity index is 280. The minimum absolute atomic E-state index is 0.652. The Morgan fingerprint density at radius 3 is 2.31 bits per heavy atom. The maximum Gasteiger partial charge on any atom is 0.120 e. The van der Waals surface area contributed by atoms with E-state index in [1.54, 1.807) is 0 Å². The van der Waals surface area contributed by atoms with Crippen LogP contribution in [0.25, 0.3) is 0 Å². The summed E-state index contributed by atoms with van der Waals surface area (Å²) in [5.41, 5.74) is 2.49. The molecule has 0 aromatic heterocycles. The fourth-order valence-electron chi connectivity index (χ4n) is 1.26. The first-order valence-electron chi connectivity index (χ1n) is 4.54. The maximum absolute atomic E-state index is 5.52. The number of aryl methyl sites for hydroxylation is 2. The van der Waals surface area contributed by atoms with Gasteiger partial charge in [0.1, 0.15) is 12.4 Å². The average Bonchev–Trinajstić information content (AvgIpc) is 2.03. The quantitative estimate of drug-likeness (QED) is 0.642. The molecule has 1 aromatic rings. The van der Waals surface area contributed by atoms with Crippen LogP contribution in [0.2, 0.25) is 0 Å². The van der Waals surface area contributed by atoms with Crippen molar-refractivity contribution in [3.63, 3.8) is 0 Å². The van der Waals surface area contributed by atoms with Crippen LogP contribution in [0.4, 0.5) is 0 Å². The zero-order chi connectivity index (χ0) is 9.68. The van der Waals surface area contributed by atoms with Crippen molar-refractivity contribution in [2.75, 3.05) is 6.61 Å². The first-order chi connectivity index (χ1) is 6.22. The summed E-state index contributed by atoms with van der Waals surface area (Å²) in [6.07, 6.45) is 3.99. The van der Waals surface area contributed by atoms with Gasteiger partial charge in [0.15, 0.2) is 0 Å². The van der Waals surface area contributed by atoms with E-state index in [1.165, 1.54) is 11.1 Å². The molecule has 0 spiro atoms. The van der Waals surface area contributed by atoms with Crippen LogP contribution in [0.5, 0.6) is 5.75 Å². The van der Waals surface area contributed by atoms with Crippen molar-refractivity contribution >= 4 is 0 Å². The molecule has 0 saturated heterocycles. The highest BCUT2D eigenvalue weighted by molar-refractivity contribution is 5.33. The van der Waals surface area contributed by atoms with E-state index >= 15 is 0 Å². The number of allylic oxidation sites excluding steroid dienone is 1. The molecule has 1 rings (SSSR count). The SMILES string of the molecule is C/C=C/COc1cc(C)cc(C)c1. The predicted octanol–water partition coefficient (Wildman–Crippen LogP) is 3.26. The molecular formula is C12H16O. The Morgan fingerprint density at radius 2 is 1.77 bits per heavy atom. The maximum atomic E-state index is 5.52. The average molecular weight is 176 g/mol. The van der Waals surface area contributed by atoms with E-state index in [0.717, 1.165) is 5.75 Å². The molecule has 0 atom stereocenters. The molecule has 0 heterocycles. The molecule has 70 valence electrons. The molecule has 0 radical (unpaired) electrons. The first-order valence-corrected chi connectivity index (χ1v) is 4.54. The molecule has 1 nitrogen and oxygen atoms in total. The van der Waals surface area contributed by atoms with E-state index in [2.05, 4.69) is 32.0 Å². The Balaban J connectivity index is 2.66. The fraction of sp³-hybridized carbons (Fsp3) is 0.333. The highest BCUT2D eigenvalue weighted by atomic mass is 16.5. The summed E-state index contributed by atoms with van der Waals surface area (Å²) in [6, 6.07) is 6.25. The van der Waals surface area contributed by atoms with Gasteiger partial charge in [0, 0.05) is 0 Å². The molecule has 0 aliphatic heterocycles. The molecule has 13 heavy (non-hydrogen) atoms. The third-order valence-electron chi connectivity index (χ3n) is 1.78. The van der Waals surface area contributed by atoms with Crippen molar-refractivity contribution in [1.82, 2.24) is 0 Å². The summed E-state index contributed by atoms with van der Waals surface area (Å²) in [5, 5.41) is 0. The van der Waals surface area contributed by atoms with E-state index in [1.807, 2.05) is 19.1 Å². The molecule has 1 heteroatoms. The van der Waals surface area contributed by atoms with Gasteiger partial charge < -0.3 is 4.74 Å². The number of ether oxygens (including phenoxy) is 1. The van der Waals surface area contributed by atoms with Gasteiger partial charge in [0.2, 0.25) is 0 Å². The number of hydrogen-bond donors (Lipinski definition) is 0. The third-order valence-corrected chi connectivity index (χ3v) is 1.78. The van der Waals surface area contributed by atoms with Gasteiger partial charge in [0.05, 0.1) is 0 Å². The summed E-state index contributed by atoms with van der Waals surface area (Å²) in [4.78, 5) is 0. The lowest BCUT2D eigenvalue weighted by Gasteiger charge is -2.05. The first kappa shape index (κ1) is 9.85. The summed E-state index contributed by atoms with van der Waals surface area (Å²) in [7, 11) is 0. The van der Waals surface area contributed by atoms with Crippen molar-refractivity contribution in [3.05, 3.63) is 41.5 Å². The van der Waals surface area contributed by atoms with Crippen molar-refractivity contribution in [2.24, 2.45) is 0 Å². The number of rotatable bonds is 3. The lowest BCUT2D eigenvalue weighted by atomic mass is 10.1. The minimum Gasteiger partial charge on any atom is -0.490 e. The highest BCUT2D eigenvalue weighted by Gasteiger charge is 1.94. The molecule has 0 saturated carbocycles. The molecule has 0 aliphatic rings. The second kappa shape index (κ2) is 4.70. The largest absolute Gasteiger partial charge is 0.490 e. The lowest BCUT2D eigenvalue weighted by Crippen LogP contribution is -1.93. The number of benzene rings is 1. The summed E-state index contributed by atoms with van der Waals surface area (Å²) < 4.78 is 5.52. The van der Waals surface area contributed by atoms with Crippen LogP contribution in [0, 0.1) is 13.8 Å². The second-order valence-corrected chi connectivity index (χ2v) is 3.20. The Morgan fingerprint density at radius 1 is 1.15 bits per heavy atom. The summed E-state index contributed by atoms with van der Waals surface area (Å²) >= 11 is 0. The van der Waals surface area contributed by atoms with Crippen molar-refractivity contribution in [1.29, 1.82) is 0 Å². The van der Waals surface area contributed by atoms with Gasteiger partial charge in [-0.3, -0.25) is 0 Å². The highest BCUT2D eigenvalue weighted by Crippen LogP contribution is 2.15. The molecule has 0 fully saturated rings. The minimum atomic E-state index is 0.652. The van der Waals surface area contributed by atoms with E-state index in [4.69, 9.17) is 4.74 Å². The Labute approximate surface area is 80.0 Å². The Hall–Kier alpha value is -1.24. The van der Waals surface area contributed by atoms with Crippen molar-refractivity contribution in [3.8, 4) is 5.75 Å². The molecule has 0 bridgehead atoms. The van der Waals surface area contributed by atoms with Crippen molar-refractivity contribution in [2.45, 2.75) is 20.8 Å². The molecular weight excluding hydrogens is 160 g/mol. The zero-order valence-corrected chi connectivity index (χ0v) is 8.50. The van der Waals surface area contributed by atoms with Gasteiger partial charge in [-0.15, -0.1) is 0 Å². The van der Waals surface area contributed by atoms with Gasteiger partial charge in [0.25, 0.3) is 0 Å². The number of hydrogen-bond acceptors (Lipinski definition) is 1. The van der Waals surface area contributed by atoms with E-state index in [9.17, 15) is 0 Å². The van der Waals surface area contributed by atoms with Crippen LogP contribution >= 0.6 is 0 Å². The molecule has 0 unspecified atom stereocenters. The second-order valence-electron chi connectivity index (χ2n) is 3.20. The smallest absolute Gasteiger partial charge is 0.120 e. The van der Waals surface area contributed by atoms with Crippen LogP contribution in [0.15, 0.2) is 30.4 Å². The van der Waals surface area contributed by atoms with Crippen molar-refractivity contribution < 1.29 is 4.74 Å². The summed E-state index contributed by atoms with van der Waals surface area (Å²) in [5.74, 6) is 0.954. The topological polar surface area (TPSA) is 9.23 Å². The third kappa shape index (κ3) is 3.32. The molecule has 0 N–H and O–H groups in total. The predicted molar refractivity (Wildman–Crippen MR) is 56.2 cm³/mol. The van der Waals surface area contributed by atoms with Crippen LogP contribution in [-0.2, 0) is 0 Å². The van der Waals surface area contributed by atoms with E-state index in [-0.39, 0.29) is 0 Å². The van der Waals surface area contributed by atoms with Crippen LogP contribution in [0.3, 0.4) is 0 Å². The fourth-order valence-corrected chi connectivity index (χ4v) is 1.26. The normalized spacial score (nSPS) is 10.7. The monoisotopic (exact) mass is 176 g/mol. The standard InChI is InChI=1S/C12H16O/c1-4-5-6-13-12-8-10(2)7-11(3)9-12/h4-5,7-9H,6H2,1-3H3/b5-4+. The van der Waals surface area contributed by atoms with Gasteiger partial charge in [-0.2, -0.15) is 0 Å².